The Morgan fingerprint density at radius 3 is 2.62 bits per heavy atom. The number of likely N-dealkylation sites (tertiary alicyclic amines) is 1. The van der Waals surface area contributed by atoms with Crippen molar-refractivity contribution in [1.29, 1.82) is 0 Å². The molecule has 0 aromatic rings. The van der Waals surface area contributed by atoms with Gasteiger partial charge in [0.15, 0.2) is 0 Å². The molecule has 2 fully saturated rings. The van der Waals surface area contributed by atoms with E-state index in [2.05, 4.69) is 17.3 Å². The van der Waals surface area contributed by atoms with Crippen LogP contribution >= 0.6 is 0 Å². The van der Waals surface area contributed by atoms with E-state index in [0.29, 0.717) is 5.54 Å². The van der Waals surface area contributed by atoms with Crippen molar-refractivity contribution in [2.45, 2.75) is 12.0 Å². The van der Waals surface area contributed by atoms with Crippen LogP contribution in [0.15, 0.2) is 0 Å². The van der Waals surface area contributed by atoms with Crippen molar-refractivity contribution < 1.29 is 0 Å². The molecule has 2 nitrogen and oxygen atoms in total. The van der Waals surface area contributed by atoms with E-state index in [-0.39, 0.29) is 0 Å². The molecular weight excluding hydrogens is 100 g/mol. The summed E-state index contributed by atoms with van der Waals surface area (Å²) < 4.78 is 0. The number of hydrogen-bond donors (Lipinski definition) is 1. The van der Waals surface area contributed by atoms with Gasteiger partial charge in [0.25, 0.3) is 0 Å². The third-order valence-corrected chi connectivity index (χ3v) is 2.22. The van der Waals surface area contributed by atoms with Crippen molar-refractivity contribution in [1.82, 2.24) is 10.2 Å². The van der Waals surface area contributed by atoms with E-state index >= 15 is 0 Å². The van der Waals surface area contributed by atoms with Gasteiger partial charge in [-0.2, -0.15) is 0 Å². The summed E-state index contributed by atoms with van der Waals surface area (Å²) in [7, 11) is 2.19. The quantitative estimate of drug-likeness (QED) is 0.434. The highest BCUT2D eigenvalue weighted by Crippen LogP contribution is 2.27. The lowest BCUT2D eigenvalue weighted by Gasteiger charge is -2.04. The van der Waals surface area contributed by atoms with Gasteiger partial charge in [0.2, 0.25) is 0 Å². The zero-order chi connectivity index (χ0) is 5.61. The van der Waals surface area contributed by atoms with E-state index in [0.717, 1.165) is 0 Å². The fraction of sp³-hybridized carbons (Fsp3) is 1.00. The van der Waals surface area contributed by atoms with Crippen LogP contribution in [-0.4, -0.2) is 37.1 Å². The van der Waals surface area contributed by atoms with Crippen LogP contribution in [0.25, 0.3) is 0 Å². The SMILES string of the molecule is CN1CCC2(CN2)C1. The van der Waals surface area contributed by atoms with E-state index in [4.69, 9.17) is 0 Å². The first-order chi connectivity index (χ1) is 3.81. The molecule has 0 bridgehead atoms. The van der Waals surface area contributed by atoms with Gasteiger partial charge >= 0.3 is 0 Å². The van der Waals surface area contributed by atoms with Gasteiger partial charge in [-0.1, -0.05) is 0 Å². The minimum atomic E-state index is 0.592. The number of nitrogens with zero attached hydrogens (tertiary/aromatic N) is 1. The van der Waals surface area contributed by atoms with Crippen LogP contribution in [0.3, 0.4) is 0 Å². The van der Waals surface area contributed by atoms with Crippen molar-refractivity contribution in [3.8, 4) is 0 Å². The van der Waals surface area contributed by atoms with E-state index < -0.39 is 0 Å². The molecule has 0 amide bonds. The molecule has 0 saturated carbocycles. The molecular formula is C6H12N2. The number of hydrogen-bond acceptors (Lipinski definition) is 2. The predicted molar refractivity (Wildman–Crippen MR) is 32.8 cm³/mol. The molecule has 2 heteroatoms. The molecule has 1 spiro atoms. The Morgan fingerprint density at radius 2 is 2.38 bits per heavy atom. The largest absolute Gasteiger partial charge is 0.307 e. The minimum absolute atomic E-state index is 0.592. The Morgan fingerprint density at radius 1 is 1.62 bits per heavy atom. The van der Waals surface area contributed by atoms with Gasteiger partial charge < -0.3 is 10.2 Å². The number of rotatable bonds is 0. The molecule has 46 valence electrons. The zero-order valence-electron chi connectivity index (χ0n) is 5.28. The van der Waals surface area contributed by atoms with Crippen molar-refractivity contribution in [2.24, 2.45) is 0 Å². The van der Waals surface area contributed by atoms with Crippen LogP contribution in [0, 0.1) is 0 Å². The van der Waals surface area contributed by atoms with E-state index in [9.17, 15) is 0 Å². The lowest BCUT2D eigenvalue weighted by molar-refractivity contribution is 0.407. The summed E-state index contributed by atoms with van der Waals surface area (Å²) in [5.41, 5.74) is 0.592. The lowest BCUT2D eigenvalue weighted by atomic mass is 10.1. The molecule has 8 heavy (non-hydrogen) atoms. The van der Waals surface area contributed by atoms with Crippen molar-refractivity contribution in [3.63, 3.8) is 0 Å². The zero-order valence-corrected chi connectivity index (χ0v) is 5.28. The molecule has 2 rings (SSSR count). The summed E-state index contributed by atoms with van der Waals surface area (Å²) in [6, 6.07) is 0. The predicted octanol–water partition coefficient (Wildman–Crippen LogP) is -0.336. The smallest absolute Gasteiger partial charge is 0.0447 e. The Labute approximate surface area is 49.9 Å². The van der Waals surface area contributed by atoms with Gasteiger partial charge in [-0.15, -0.1) is 0 Å². The third kappa shape index (κ3) is 0.565. The monoisotopic (exact) mass is 112 g/mol. The molecule has 2 aliphatic rings. The van der Waals surface area contributed by atoms with Crippen molar-refractivity contribution in [2.75, 3.05) is 26.7 Å². The van der Waals surface area contributed by atoms with Crippen molar-refractivity contribution >= 4 is 0 Å². The fourth-order valence-electron chi connectivity index (χ4n) is 1.49. The highest BCUT2D eigenvalue weighted by molar-refractivity contribution is 5.09. The van der Waals surface area contributed by atoms with Gasteiger partial charge in [-0.05, 0) is 20.0 Å². The molecule has 0 radical (unpaired) electrons. The fourth-order valence-corrected chi connectivity index (χ4v) is 1.49. The molecule has 0 aromatic carbocycles. The highest BCUT2D eigenvalue weighted by Gasteiger charge is 2.46. The van der Waals surface area contributed by atoms with Gasteiger partial charge in [0.05, 0.1) is 0 Å². The van der Waals surface area contributed by atoms with Crippen molar-refractivity contribution in [3.05, 3.63) is 0 Å². The standard InChI is InChI=1S/C6H12N2/c1-8-3-2-6(5-8)4-7-6/h7H,2-5H2,1H3. The van der Waals surface area contributed by atoms with Gasteiger partial charge in [0, 0.05) is 18.6 Å². The summed E-state index contributed by atoms with van der Waals surface area (Å²) in [5.74, 6) is 0. The van der Waals surface area contributed by atoms with E-state index in [1.54, 1.807) is 0 Å². The van der Waals surface area contributed by atoms with Crippen LogP contribution in [0.4, 0.5) is 0 Å². The summed E-state index contributed by atoms with van der Waals surface area (Å²) in [5, 5.41) is 3.40. The highest BCUT2D eigenvalue weighted by atomic mass is 15.3. The Hall–Kier alpha value is -0.0800. The molecule has 2 aliphatic heterocycles. The summed E-state index contributed by atoms with van der Waals surface area (Å²) in [6.07, 6.45) is 1.36. The number of nitrogens with one attached hydrogen (secondary N) is 1. The first kappa shape index (κ1) is 4.77. The molecule has 2 heterocycles. The second kappa shape index (κ2) is 1.25. The second-order valence-corrected chi connectivity index (χ2v) is 3.12. The summed E-state index contributed by atoms with van der Waals surface area (Å²) in [4.78, 5) is 2.39. The molecule has 1 atom stereocenters. The molecule has 0 aromatic heterocycles. The van der Waals surface area contributed by atoms with Gasteiger partial charge in [-0.25, -0.2) is 0 Å². The summed E-state index contributed by atoms with van der Waals surface area (Å²) >= 11 is 0. The topological polar surface area (TPSA) is 25.2 Å². The Kier molecular flexibility index (Phi) is 0.746. The van der Waals surface area contributed by atoms with Crippen LogP contribution in [0.5, 0.6) is 0 Å². The average Bonchev–Trinajstić information content (AvgIpc) is 2.34. The van der Waals surface area contributed by atoms with E-state index in [1.807, 2.05) is 0 Å². The normalized spacial score (nSPS) is 46.1. The number of likely N-dealkylation sites (N-methyl/N-ethyl adjacent to an activating group) is 1. The Balaban J connectivity index is 2.03. The van der Waals surface area contributed by atoms with Crippen LogP contribution in [0.2, 0.25) is 0 Å². The molecule has 2 saturated heterocycles. The second-order valence-electron chi connectivity index (χ2n) is 3.12. The van der Waals surface area contributed by atoms with Crippen LogP contribution in [0.1, 0.15) is 6.42 Å². The molecule has 0 aliphatic carbocycles. The Bertz CT molecular complexity index is 107. The molecule has 1 N–H and O–H groups in total. The first-order valence-corrected chi connectivity index (χ1v) is 3.24. The first-order valence-electron chi connectivity index (χ1n) is 3.24. The van der Waals surface area contributed by atoms with Crippen LogP contribution < -0.4 is 5.32 Å². The van der Waals surface area contributed by atoms with Gasteiger partial charge in [-0.3, -0.25) is 0 Å². The maximum absolute atomic E-state index is 3.40. The van der Waals surface area contributed by atoms with Crippen LogP contribution in [-0.2, 0) is 0 Å². The minimum Gasteiger partial charge on any atom is -0.307 e. The summed E-state index contributed by atoms with van der Waals surface area (Å²) in [6.45, 7) is 3.82. The van der Waals surface area contributed by atoms with E-state index in [1.165, 1.54) is 26.1 Å². The average molecular weight is 112 g/mol. The van der Waals surface area contributed by atoms with Gasteiger partial charge in [0.1, 0.15) is 0 Å². The lowest BCUT2D eigenvalue weighted by Crippen LogP contribution is -2.20. The maximum atomic E-state index is 3.40. The third-order valence-electron chi connectivity index (χ3n) is 2.22. The maximum Gasteiger partial charge on any atom is 0.0447 e. The molecule has 1 unspecified atom stereocenters.